The molecule has 7 heteroatoms. The molecule has 29 heavy (non-hydrogen) atoms. The average Bonchev–Trinajstić information content (AvgIpc) is 2.69. The zero-order valence-corrected chi connectivity index (χ0v) is 16.8. The lowest BCUT2D eigenvalue weighted by Crippen LogP contribution is -2.13. The molecule has 0 saturated carbocycles. The van der Waals surface area contributed by atoms with Crippen molar-refractivity contribution in [1.29, 1.82) is 0 Å². The van der Waals surface area contributed by atoms with Crippen molar-refractivity contribution in [2.24, 2.45) is 5.14 Å². The summed E-state index contributed by atoms with van der Waals surface area (Å²) in [5, 5.41) is 7.91. The molecule has 0 aromatic heterocycles. The summed E-state index contributed by atoms with van der Waals surface area (Å²) in [7, 11) is -3.71. The van der Waals surface area contributed by atoms with Crippen molar-refractivity contribution in [1.82, 2.24) is 0 Å². The second-order valence-corrected chi connectivity index (χ2v) is 8.24. The number of carbonyl (C=O) groups is 1. The van der Waals surface area contributed by atoms with E-state index in [0.717, 1.165) is 16.9 Å². The molecule has 3 aromatic carbocycles. The normalized spacial score (nSPS) is 11.1. The predicted octanol–water partition coefficient (Wildman–Crippen LogP) is 4.01. The fraction of sp³-hybridized carbons (Fsp3) is 0.136. The van der Waals surface area contributed by atoms with Crippen molar-refractivity contribution in [2.75, 3.05) is 5.32 Å². The van der Waals surface area contributed by atoms with Crippen molar-refractivity contribution in [2.45, 2.75) is 24.7 Å². The summed E-state index contributed by atoms with van der Waals surface area (Å²) in [5.74, 6) is 1.30. The van der Waals surface area contributed by atoms with E-state index in [2.05, 4.69) is 5.32 Å². The first-order valence-corrected chi connectivity index (χ1v) is 10.6. The van der Waals surface area contributed by atoms with Crippen LogP contribution in [0, 0.1) is 6.92 Å². The summed E-state index contributed by atoms with van der Waals surface area (Å²) in [4.78, 5) is 12.2. The van der Waals surface area contributed by atoms with Gasteiger partial charge < -0.3 is 10.1 Å². The van der Waals surface area contributed by atoms with E-state index in [0.29, 0.717) is 17.9 Å². The highest BCUT2D eigenvalue weighted by Crippen LogP contribution is 2.23. The Labute approximate surface area is 170 Å². The van der Waals surface area contributed by atoms with Crippen LogP contribution in [0.4, 0.5) is 5.69 Å². The number of anilines is 1. The first-order chi connectivity index (χ1) is 13.8. The maximum atomic E-state index is 12.2. The first kappa shape index (κ1) is 20.6. The Morgan fingerprint density at radius 1 is 0.897 bits per heavy atom. The van der Waals surface area contributed by atoms with Crippen LogP contribution in [0.1, 0.15) is 17.5 Å². The molecule has 0 spiro atoms. The third kappa shape index (κ3) is 6.17. The van der Waals surface area contributed by atoms with E-state index in [9.17, 15) is 13.2 Å². The lowest BCUT2D eigenvalue weighted by molar-refractivity contribution is -0.116. The molecule has 3 rings (SSSR count). The Bertz CT molecular complexity index is 1080. The predicted molar refractivity (Wildman–Crippen MR) is 112 cm³/mol. The summed E-state index contributed by atoms with van der Waals surface area (Å²) in [6, 6.07) is 21.1. The monoisotopic (exact) mass is 410 g/mol. The van der Waals surface area contributed by atoms with Crippen LogP contribution < -0.4 is 15.2 Å². The van der Waals surface area contributed by atoms with Gasteiger partial charge in [-0.1, -0.05) is 29.8 Å². The van der Waals surface area contributed by atoms with Gasteiger partial charge in [0.25, 0.3) is 0 Å². The Hall–Kier alpha value is -3.16. The summed E-state index contributed by atoms with van der Waals surface area (Å²) in [6.45, 7) is 2.01. The third-order valence-corrected chi connectivity index (χ3v) is 5.22. The van der Waals surface area contributed by atoms with Crippen LogP contribution in [0.3, 0.4) is 0 Å². The molecule has 0 aliphatic rings. The molecule has 3 aromatic rings. The SMILES string of the molecule is Cc1ccc(Oc2ccc(NC(=O)CCc3ccc(S(N)(=O)=O)cc3)cc2)cc1. The van der Waals surface area contributed by atoms with Crippen LogP contribution in [-0.2, 0) is 21.2 Å². The highest BCUT2D eigenvalue weighted by molar-refractivity contribution is 7.89. The Morgan fingerprint density at radius 2 is 1.45 bits per heavy atom. The molecule has 0 heterocycles. The number of benzene rings is 3. The molecule has 6 nitrogen and oxygen atoms in total. The van der Waals surface area contributed by atoms with Crippen molar-refractivity contribution in [3.05, 3.63) is 83.9 Å². The molecule has 0 atom stereocenters. The van der Waals surface area contributed by atoms with Gasteiger partial charge in [-0.25, -0.2) is 13.6 Å². The average molecular weight is 410 g/mol. The van der Waals surface area contributed by atoms with Crippen LogP contribution >= 0.6 is 0 Å². The van der Waals surface area contributed by atoms with E-state index < -0.39 is 10.0 Å². The van der Waals surface area contributed by atoms with Crippen molar-refractivity contribution < 1.29 is 17.9 Å². The highest BCUT2D eigenvalue weighted by atomic mass is 32.2. The van der Waals surface area contributed by atoms with Gasteiger partial charge in [-0.3, -0.25) is 4.79 Å². The lowest BCUT2D eigenvalue weighted by atomic mass is 10.1. The maximum absolute atomic E-state index is 12.2. The van der Waals surface area contributed by atoms with Gasteiger partial charge >= 0.3 is 0 Å². The summed E-state index contributed by atoms with van der Waals surface area (Å²) in [6.07, 6.45) is 0.766. The molecule has 150 valence electrons. The molecule has 3 N–H and O–H groups in total. The number of hydrogen-bond acceptors (Lipinski definition) is 4. The number of nitrogens with one attached hydrogen (secondary N) is 1. The van der Waals surface area contributed by atoms with Crippen LogP contribution in [0.5, 0.6) is 11.5 Å². The van der Waals surface area contributed by atoms with E-state index in [-0.39, 0.29) is 17.2 Å². The summed E-state index contributed by atoms with van der Waals surface area (Å²) < 4.78 is 28.3. The van der Waals surface area contributed by atoms with Crippen LogP contribution in [0.2, 0.25) is 0 Å². The molecule has 0 unspecified atom stereocenters. The van der Waals surface area contributed by atoms with Crippen LogP contribution in [0.25, 0.3) is 0 Å². The molecule has 0 aliphatic heterocycles. The molecule has 0 saturated heterocycles. The number of ether oxygens (including phenoxy) is 1. The zero-order valence-electron chi connectivity index (χ0n) is 16.0. The molecular weight excluding hydrogens is 388 g/mol. The van der Waals surface area contributed by atoms with E-state index in [1.54, 1.807) is 36.4 Å². The quantitative estimate of drug-likeness (QED) is 0.615. The van der Waals surface area contributed by atoms with Gasteiger partial charge in [-0.2, -0.15) is 0 Å². The topological polar surface area (TPSA) is 98.5 Å². The van der Waals surface area contributed by atoms with E-state index >= 15 is 0 Å². The lowest BCUT2D eigenvalue weighted by Gasteiger charge is -2.09. The minimum Gasteiger partial charge on any atom is -0.457 e. The van der Waals surface area contributed by atoms with Gasteiger partial charge in [0.15, 0.2) is 0 Å². The number of primary sulfonamides is 1. The zero-order chi connectivity index (χ0) is 20.9. The fourth-order valence-electron chi connectivity index (χ4n) is 2.68. The Balaban J connectivity index is 1.50. The van der Waals surface area contributed by atoms with Crippen molar-refractivity contribution in [3.63, 3.8) is 0 Å². The molecule has 0 fully saturated rings. The van der Waals surface area contributed by atoms with Crippen LogP contribution in [-0.4, -0.2) is 14.3 Å². The number of aryl methyl sites for hydroxylation is 2. The number of nitrogens with two attached hydrogens (primary N) is 1. The van der Waals surface area contributed by atoms with Crippen LogP contribution in [0.15, 0.2) is 77.7 Å². The second kappa shape index (κ2) is 8.89. The standard InChI is InChI=1S/C22H22N2O4S/c1-16-2-9-19(10-3-16)28-20-11-7-18(8-12-20)24-22(25)15-6-17-4-13-21(14-5-17)29(23,26)27/h2-5,7-14H,6,15H2,1H3,(H,24,25)(H2,23,26,27). The summed E-state index contributed by atoms with van der Waals surface area (Å²) in [5.41, 5.74) is 2.70. The van der Waals surface area contributed by atoms with Gasteiger partial charge in [0.2, 0.25) is 15.9 Å². The van der Waals surface area contributed by atoms with E-state index in [4.69, 9.17) is 9.88 Å². The molecular formula is C22H22N2O4S. The number of sulfonamides is 1. The minimum atomic E-state index is -3.71. The Morgan fingerprint density at radius 3 is 2.00 bits per heavy atom. The second-order valence-electron chi connectivity index (χ2n) is 6.68. The molecule has 1 amide bonds. The summed E-state index contributed by atoms with van der Waals surface area (Å²) >= 11 is 0. The van der Waals surface area contributed by atoms with Gasteiger partial charge in [0, 0.05) is 12.1 Å². The number of carbonyl (C=O) groups excluding carboxylic acids is 1. The van der Waals surface area contributed by atoms with Gasteiger partial charge in [0.1, 0.15) is 11.5 Å². The number of hydrogen-bond donors (Lipinski definition) is 2. The Kier molecular flexibility index (Phi) is 6.31. The van der Waals surface area contributed by atoms with E-state index in [1.807, 2.05) is 31.2 Å². The fourth-order valence-corrected chi connectivity index (χ4v) is 3.19. The molecule has 0 aliphatic carbocycles. The molecule has 0 bridgehead atoms. The molecule has 0 radical (unpaired) electrons. The van der Waals surface area contributed by atoms with Crippen molar-refractivity contribution in [3.8, 4) is 11.5 Å². The van der Waals surface area contributed by atoms with E-state index in [1.165, 1.54) is 12.1 Å². The van der Waals surface area contributed by atoms with Crippen molar-refractivity contribution >= 4 is 21.6 Å². The minimum absolute atomic E-state index is 0.0543. The number of amides is 1. The highest BCUT2D eigenvalue weighted by Gasteiger charge is 2.08. The number of rotatable bonds is 7. The van der Waals surface area contributed by atoms with Gasteiger partial charge in [-0.05, 0) is 67.4 Å². The maximum Gasteiger partial charge on any atom is 0.238 e. The largest absolute Gasteiger partial charge is 0.457 e. The van der Waals surface area contributed by atoms with Gasteiger partial charge in [0.05, 0.1) is 4.90 Å². The third-order valence-electron chi connectivity index (χ3n) is 4.29. The first-order valence-electron chi connectivity index (χ1n) is 9.06. The van der Waals surface area contributed by atoms with Gasteiger partial charge in [-0.15, -0.1) is 0 Å². The smallest absolute Gasteiger partial charge is 0.238 e.